The van der Waals surface area contributed by atoms with E-state index < -0.39 is 6.03 Å². The third kappa shape index (κ3) is 4.96. The van der Waals surface area contributed by atoms with E-state index in [1.54, 1.807) is 0 Å². The summed E-state index contributed by atoms with van der Waals surface area (Å²) in [5, 5.41) is 5.77. The largest absolute Gasteiger partial charge is 0.352 e. The molecule has 1 aliphatic carbocycles. The average molecular weight is 171 g/mol. The Morgan fingerprint density at radius 2 is 2.08 bits per heavy atom. The zero-order chi connectivity index (χ0) is 8.81. The van der Waals surface area contributed by atoms with Crippen LogP contribution in [0, 0.1) is 5.92 Å². The molecule has 2 amide bonds. The van der Waals surface area contributed by atoms with E-state index in [1.165, 1.54) is 19.3 Å². The fraction of sp³-hybridized carbons (Fsp3) is 0.875. The Labute approximate surface area is 72.9 Å². The summed E-state index contributed by atoms with van der Waals surface area (Å²) in [4.78, 5) is 10.2. The summed E-state index contributed by atoms with van der Waals surface area (Å²) in [5.41, 5.74) is 4.89. The number of nitrogens with one attached hydrogen (secondary N) is 2. The summed E-state index contributed by atoms with van der Waals surface area (Å²) < 4.78 is 0. The minimum atomic E-state index is -0.445. The van der Waals surface area contributed by atoms with E-state index in [4.69, 9.17) is 5.73 Å². The highest BCUT2D eigenvalue weighted by Gasteiger charge is 2.19. The van der Waals surface area contributed by atoms with Gasteiger partial charge >= 0.3 is 6.03 Å². The number of urea groups is 1. The van der Waals surface area contributed by atoms with Crippen molar-refractivity contribution < 1.29 is 4.79 Å². The SMILES string of the molecule is NC(=O)NCCNCCC1CC1. The number of carbonyl (C=O) groups excluding carboxylic acids is 1. The molecule has 0 aromatic heterocycles. The molecule has 0 radical (unpaired) electrons. The van der Waals surface area contributed by atoms with Crippen LogP contribution in [0.25, 0.3) is 0 Å². The third-order valence-corrected chi connectivity index (χ3v) is 2.03. The second-order valence-electron chi connectivity index (χ2n) is 3.27. The van der Waals surface area contributed by atoms with Gasteiger partial charge in [0.1, 0.15) is 0 Å². The van der Waals surface area contributed by atoms with E-state index in [0.717, 1.165) is 19.0 Å². The molecule has 1 saturated carbocycles. The highest BCUT2D eigenvalue weighted by atomic mass is 16.2. The van der Waals surface area contributed by atoms with Crippen molar-refractivity contribution in [3.63, 3.8) is 0 Å². The van der Waals surface area contributed by atoms with Crippen molar-refractivity contribution >= 4 is 6.03 Å². The minimum absolute atomic E-state index is 0.445. The fourth-order valence-electron chi connectivity index (χ4n) is 1.11. The second-order valence-corrected chi connectivity index (χ2v) is 3.27. The first-order chi connectivity index (χ1) is 5.79. The van der Waals surface area contributed by atoms with E-state index in [-0.39, 0.29) is 0 Å². The Morgan fingerprint density at radius 3 is 2.67 bits per heavy atom. The number of hydrogen-bond acceptors (Lipinski definition) is 2. The van der Waals surface area contributed by atoms with Crippen LogP contribution >= 0.6 is 0 Å². The first kappa shape index (κ1) is 9.32. The Balaban J connectivity index is 1.73. The number of amides is 2. The summed E-state index contributed by atoms with van der Waals surface area (Å²) >= 11 is 0. The number of hydrogen-bond donors (Lipinski definition) is 3. The van der Waals surface area contributed by atoms with Gasteiger partial charge < -0.3 is 16.4 Å². The topological polar surface area (TPSA) is 67.2 Å². The van der Waals surface area contributed by atoms with E-state index in [2.05, 4.69) is 10.6 Å². The molecule has 0 aromatic carbocycles. The maximum Gasteiger partial charge on any atom is 0.312 e. The van der Waals surface area contributed by atoms with Gasteiger partial charge in [-0.25, -0.2) is 4.79 Å². The van der Waals surface area contributed by atoms with E-state index in [0.29, 0.717) is 6.54 Å². The van der Waals surface area contributed by atoms with E-state index in [9.17, 15) is 4.79 Å². The lowest BCUT2D eigenvalue weighted by Gasteiger charge is -2.03. The van der Waals surface area contributed by atoms with Crippen LogP contribution in [-0.2, 0) is 0 Å². The van der Waals surface area contributed by atoms with Crippen molar-refractivity contribution in [3.8, 4) is 0 Å². The van der Waals surface area contributed by atoms with Crippen molar-refractivity contribution in [2.24, 2.45) is 11.7 Å². The van der Waals surface area contributed by atoms with Gasteiger partial charge in [-0.15, -0.1) is 0 Å². The van der Waals surface area contributed by atoms with Crippen molar-refractivity contribution in [2.75, 3.05) is 19.6 Å². The van der Waals surface area contributed by atoms with Crippen molar-refractivity contribution in [2.45, 2.75) is 19.3 Å². The summed E-state index contributed by atoms with van der Waals surface area (Å²) in [6.07, 6.45) is 4.08. The highest BCUT2D eigenvalue weighted by Crippen LogP contribution is 2.31. The van der Waals surface area contributed by atoms with Gasteiger partial charge in [0.25, 0.3) is 0 Å². The van der Waals surface area contributed by atoms with Gasteiger partial charge in [0.15, 0.2) is 0 Å². The second kappa shape index (κ2) is 4.98. The van der Waals surface area contributed by atoms with Crippen LogP contribution in [0.2, 0.25) is 0 Å². The number of nitrogens with two attached hydrogens (primary N) is 1. The first-order valence-corrected chi connectivity index (χ1v) is 4.53. The lowest BCUT2D eigenvalue weighted by atomic mass is 10.3. The molecule has 12 heavy (non-hydrogen) atoms. The maximum absolute atomic E-state index is 10.2. The molecular formula is C8H17N3O. The van der Waals surface area contributed by atoms with Gasteiger partial charge in [0, 0.05) is 13.1 Å². The number of rotatable bonds is 6. The van der Waals surface area contributed by atoms with Gasteiger partial charge in [-0.1, -0.05) is 12.8 Å². The molecule has 0 unspecified atom stereocenters. The van der Waals surface area contributed by atoms with Gasteiger partial charge in [-0.05, 0) is 18.9 Å². The molecule has 0 heterocycles. The molecule has 0 aromatic rings. The molecule has 1 rings (SSSR count). The molecule has 0 aliphatic heterocycles. The predicted octanol–water partition coefficient (Wildman–Crippen LogP) is 0.0444. The Morgan fingerprint density at radius 1 is 1.33 bits per heavy atom. The number of primary amides is 1. The van der Waals surface area contributed by atoms with Crippen molar-refractivity contribution in [1.29, 1.82) is 0 Å². The first-order valence-electron chi connectivity index (χ1n) is 4.53. The molecule has 0 atom stereocenters. The van der Waals surface area contributed by atoms with Gasteiger partial charge in [-0.2, -0.15) is 0 Å². The van der Waals surface area contributed by atoms with Crippen LogP contribution < -0.4 is 16.4 Å². The van der Waals surface area contributed by atoms with Gasteiger partial charge in [0.2, 0.25) is 0 Å². The molecule has 4 nitrogen and oxygen atoms in total. The van der Waals surface area contributed by atoms with Crippen LogP contribution in [0.3, 0.4) is 0 Å². The Hall–Kier alpha value is -0.770. The zero-order valence-corrected chi connectivity index (χ0v) is 7.31. The maximum atomic E-state index is 10.2. The zero-order valence-electron chi connectivity index (χ0n) is 7.31. The fourth-order valence-corrected chi connectivity index (χ4v) is 1.11. The number of carbonyl (C=O) groups is 1. The summed E-state index contributed by atoms with van der Waals surface area (Å²) in [6, 6.07) is -0.445. The molecule has 1 aliphatic rings. The van der Waals surface area contributed by atoms with Crippen LogP contribution in [0.4, 0.5) is 4.79 Å². The van der Waals surface area contributed by atoms with E-state index >= 15 is 0 Å². The van der Waals surface area contributed by atoms with Crippen molar-refractivity contribution in [1.82, 2.24) is 10.6 Å². The van der Waals surface area contributed by atoms with Gasteiger partial charge in [0.05, 0.1) is 0 Å². The third-order valence-electron chi connectivity index (χ3n) is 2.03. The summed E-state index contributed by atoms with van der Waals surface area (Å²) in [6.45, 7) is 2.50. The van der Waals surface area contributed by atoms with Crippen LogP contribution in [0.5, 0.6) is 0 Å². The average Bonchev–Trinajstić information content (AvgIpc) is 2.79. The van der Waals surface area contributed by atoms with Gasteiger partial charge in [-0.3, -0.25) is 0 Å². The highest BCUT2D eigenvalue weighted by molar-refractivity contribution is 5.71. The normalized spacial score (nSPS) is 16.0. The lowest BCUT2D eigenvalue weighted by Crippen LogP contribution is -2.35. The molecule has 1 fully saturated rings. The Bertz CT molecular complexity index is 145. The molecule has 4 N–H and O–H groups in total. The smallest absolute Gasteiger partial charge is 0.312 e. The monoisotopic (exact) mass is 171 g/mol. The molecule has 4 heteroatoms. The minimum Gasteiger partial charge on any atom is -0.352 e. The molecule has 0 bridgehead atoms. The van der Waals surface area contributed by atoms with Crippen molar-refractivity contribution in [3.05, 3.63) is 0 Å². The Kier molecular flexibility index (Phi) is 3.87. The molecule has 0 saturated heterocycles. The van der Waals surface area contributed by atoms with Crippen LogP contribution in [0.15, 0.2) is 0 Å². The molecule has 70 valence electrons. The summed E-state index contributed by atoms with van der Waals surface area (Å²) in [5.74, 6) is 0.974. The molecule has 0 spiro atoms. The molecular weight excluding hydrogens is 154 g/mol. The van der Waals surface area contributed by atoms with Crippen LogP contribution in [-0.4, -0.2) is 25.7 Å². The van der Waals surface area contributed by atoms with E-state index in [1.807, 2.05) is 0 Å². The standard InChI is InChI=1S/C8H17N3O/c9-8(12)11-6-5-10-4-3-7-1-2-7/h7,10H,1-6H2,(H3,9,11,12). The predicted molar refractivity (Wildman–Crippen MR) is 47.8 cm³/mol. The summed E-state index contributed by atoms with van der Waals surface area (Å²) in [7, 11) is 0. The lowest BCUT2D eigenvalue weighted by molar-refractivity contribution is 0.249. The quantitative estimate of drug-likeness (QED) is 0.494. The van der Waals surface area contributed by atoms with Crippen LogP contribution in [0.1, 0.15) is 19.3 Å².